The number of rotatable bonds is 5. The van der Waals surface area contributed by atoms with E-state index in [-0.39, 0.29) is 17.7 Å². The zero-order chi connectivity index (χ0) is 24.9. The van der Waals surface area contributed by atoms with Crippen LogP contribution >= 0.6 is 11.6 Å². The molecule has 2 aliphatic rings. The van der Waals surface area contributed by atoms with Gasteiger partial charge in [-0.05, 0) is 55.2 Å². The number of aliphatic hydroxyl groups is 2. The SMILES string of the molecule is NC(c1cc(Cl)c(C2CCC2)cc1O)C1CCN(C(=O)C(O)CO)CC1.O=C(O)C(F)(F)F. The molecule has 1 aromatic carbocycles. The van der Waals surface area contributed by atoms with E-state index in [4.69, 9.17) is 32.3 Å². The molecule has 0 aromatic heterocycles. The first kappa shape index (κ1) is 27.2. The van der Waals surface area contributed by atoms with Crippen molar-refractivity contribution in [2.75, 3.05) is 19.7 Å². The molecule has 1 heterocycles. The number of carbonyl (C=O) groups is 2. The van der Waals surface area contributed by atoms with Crippen molar-refractivity contribution in [1.29, 1.82) is 0 Å². The van der Waals surface area contributed by atoms with E-state index in [9.17, 15) is 28.2 Å². The van der Waals surface area contributed by atoms with Crippen molar-refractivity contribution < 1.29 is 43.2 Å². The second-order valence-electron chi connectivity index (χ2n) is 8.25. The average Bonchev–Trinajstić information content (AvgIpc) is 2.73. The van der Waals surface area contributed by atoms with Gasteiger partial charge in [0, 0.05) is 29.7 Å². The molecule has 8 nitrogen and oxygen atoms in total. The number of nitrogens with two attached hydrogens (primary N) is 1. The Kier molecular flexibility index (Phi) is 9.36. The van der Waals surface area contributed by atoms with Crippen molar-refractivity contribution in [3.63, 3.8) is 0 Å². The lowest BCUT2D eigenvalue weighted by Crippen LogP contribution is -2.46. The molecule has 1 saturated heterocycles. The number of benzene rings is 1. The van der Waals surface area contributed by atoms with Gasteiger partial charge in [0.15, 0.2) is 6.10 Å². The normalized spacial score (nSPS) is 19.2. The predicted octanol–water partition coefficient (Wildman–Crippen LogP) is 2.54. The van der Waals surface area contributed by atoms with Crippen molar-refractivity contribution in [3.8, 4) is 5.75 Å². The number of nitrogens with zero attached hydrogens (tertiary/aromatic N) is 1. The van der Waals surface area contributed by atoms with Crippen LogP contribution in [0.25, 0.3) is 0 Å². The van der Waals surface area contributed by atoms with Crippen LogP contribution < -0.4 is 5.73 Å². The van der Waals surface area contributed by atoms with Gasteiger partial charge < -0.3 is 31.1 Å². The summed E-state index contributed by atoms with van der Waals surface area (Å²) in [6.45, 7) is 0.379. The number of alkyl halides is 3. The maximum atomic E-state index is 11.9. The lowest BCUT2D eigenvalue weighted by atomic mass is 9.78. The molecule has 12 heteroatoms. The van der Waals surface area contributed by atoms with E-state index in [2.05, 4.69) is 0 Å². The Bertz CT molecular complexity index is 842. The van der Waals surface area contributed by atoms with Crippen LogP contribution in [0, 0.1) is 5.92 Å². The Labute approximate surface area is 193 Å². The van der Waals surface area contributed by atoms with Gasteiger partial charge in [0.05, 0.1) is 6.61 Å². The van der Waals surface area contributed by atoms with Crippen LogP contribution in [0.15, 0.2) is 12.1 Å². The Morgan fingerprint density at radius 1 is 1.18 bits per heavy atom. The third-order valence-electron chi connectivity index (χ3n) is 6.11. The van der Waals surface area contributed by atoms with E-state index in [0.29, 0.717) is 42.4 Å². The third-order valence-corrected chi connectivity index (χ3v) is 6.44. The number of carboxylic acid groups (broad SMARTS) is 1. The number of halogens is 4. The Morgan fingerprint density at radius 3 is 2.15 bits per heavy atom. The second kappa shape index (κ2) is 11.4. The monoisotopic (exact) mass is 496 g/mol. The largest absolute Gasteiger partial charge is 0.508 e. The molecule has 2 fully saturated rings. The summed E-state index contributed by atoms with van der Waals surface area (Å²) in [4.78, 5) is 22.4. The van der Waals surface area contributed by atoms with Gasteiger partial charge in [-0.1, -0.05) is 18.0 Å². The van der Waals surface area contributed by atoms with Crippen molar-refractivity contribution in [2.24, 2.45) is 11.7 Å². The highest BCUT2D eigenvalue weighted by atomic mass is 35.5. The minimum Gasteiger partial charge on any atom is -0.508 e. The van der Waals surface area contributed by atoms with E-state index in [1.807, 2.05) is 0 Å². The van der Waals surface area contributed by atoms with E-state index < -0.39 is 30.8 Å². The van der Waals surface area contributed by atoms with Crippen LogP contribution in [-0.4, -0.2) is 69.2 Å². The molecule has 1 aliphatic carbocycles. The molecule has 0 spiro atoms. The Morgan fingerprint density at radius 2 is 1.73 bits per heavy atom. The lowest BCUT2D eigenvalue weighted by molar-refractivity contribution is -0.192. The van der Waals surface area contributed by atoms with Crippen molar-refractivity contribution in [3.05, 3.63) is 28.3 Å². The number of carboxylic acids is 1. The van der Waals surface area contributed by atoms with Crippen LogP contribution in [0.5, 0.6) is 5.75 Å². The van der Waals surface area contributed by atoms with Crippen LogP contribution in [0.2, 0.25) is 5.02 Å². The summed E-state index contributed by atoms with van der Waals surface area (Å²) in [5, 5.41) is 36.6. The number of phenols is 1. The van der Waals surface area contributed by atoms with Crippen LogP contribution in [0.3, 0.4) is 0 Å². The molecule has 1 saturated carbocycles. The molecule has 1 amide bonds. The van der Waals surface area contributed by atoms with Gasteiger partial charge in [-0.3, -0.25) is 4.79 Å². The molecule has 186 valence electrons. The number of hydrogen-bond donors (Lipinski definition) is 5. The van der Waals surface area contributed by atoms with Crippen molar-refractivity contribution in [2.45, 2.75) is 56.3 Å². The minimum atomic E-state index is -5.08. The lowest BCUT2D eigenvalue weighted by Gasteiger charge is -2.36. The summed E-state index contributed by atoms with van der Waals surface area (Å²) in [6, 6.07) is 3.20. The van der Waals surface area contributed by atoms with Crippen LogP contribution in [-0.2, 0) is 9.59 Å². The van der Waals surface area contributed by atoms with Gasteiger partial charge >= 0.3 is 12.1 Å². The molecular weight excluding hydrogens is 469 g/mol. The fraction of sp³-hybridized carbons (Fsp3) is 0.619. The molecule has 33 heavy (non-hydrogen) atoms. The van der Waals surface area contributed by atoms with E-state index >= 15 is 0 Å². The number of hydrogen-bond acceptors (Lipinski definition) is 6. The molecular formula is C21H28ClF3N2O6. The van der Waals surface area contributed by atoms with Gasteiger partial charge in [-0.2, -0.15) is 13.2 Å². The highest BCUT2D eigenvalue weighted by Crippen LogP contribution is 2.44. The zero-order valence-corrected chi connectivity index (χ0v) is 18.5. The Hall–Kier alpha value is -2.08. The molecule has 2 atom stereocenters. The van der Waals surface area contributed by atoms with Gasteiger partial charge in [0.1, 0.15) is 5.75 Å². The summed E-state index contributed by atoms with van der Waals surface area (Å²) in [5.41, 5.74) is 8.06. The maximum Gasteiger partial charge on any atom is 0.490 e. The summed E-state index contributed by atoms with van der Waals surface area (Å²) in [7, 11) is 0. The van der Waals surface area contributed by atoms with Crippen LogP contribution in [0.4, 0.5) is 13.2 Å². The quantitative estimate of drug-likeness (QED) is 0.421. The Balaban J connectivity index is 0.000000479. The van der Waals surface area contributed by atoms with Gasteiger partial charge in [0.25, 0.3) is 5.91 Å². The summed E-state index contributed by atoms with van der Waals surface area (Å²) >= 11 is 6.44. The first-order valence-electron chi connectivity index (χ1n) is 10.5. The first-order chi connectivity index (χ1) is 15.4. The fourth-order valence-electron chi connectivity index (χ4n) is 3.91. The zero-order valence-electron chi connectivity index (χ0n) is 17.8. The van der Waals surface area contributed by atoms with Crippen molar-refractivity contribution in [1.82, 2.24) is 4.90 Å². The minimum absolute atomic E-state index is 0.113. The first-order valence-corrected chi connectivity index (χ1v) is 10.9. The number of aromatic hydroxyl groups is 1. The molecule has 3 rings (SSSR count). The average molecular weight is 497 g/mol. The molecule has 0 bridgehead atoms. The molecule has 2 unspecified atom stereocenters. The number of amides is 1. The highest BCUT2D eigenvalue weighted by Gasteiger charge is 2.38. The number of likely N-dealkylation sites (tertiary alicyclic amines) is 1. The molecule has 1 aliphatic heterocycles. The van der Waals surface area contributed by atoms with Gasteiger partial charge in [-0.25, -0.2) is 4.79 Å². The topological polar surface area (TPSA) is 144 Å². The summed E-state index contributed by atoms with van der Waals surface area (Å²) in [6.07, 6.45) is -1.68. The number of phenolic OH excluding ortho intramolecular Hbond substituents is 1. The second-order valence-corrected chi connectivity index (χ2v) is 8.66. The van der Waals surface area contributed by atoms with E-state index in [0.717, 1.165) is 18.4 Å². The maximum absolute atomic E-state index is 11.9. The van der Waals surface area contributed by atoms with E-state index in [1.165, 1.54) is 6.42 Å². The number of aliphatic hydroxyl groups excluding tert-OH is 2. The molecule has 1 aromatic rings. The molecule has 0 radical (unpaired) electrons. The fourth-order valence-corrected chi connectivity index (χ4v) is 4.24. The number of carbonyl (C=O) groups excluding carboxylic acids is 1. The number of aliphatic carboxylic acids is 1. The van der Waals surface area contributed by atoms with E-state index in [1.54, 1.807) is 17.0 Å². The summed E-state index contributed by atoms with van der Waals surface area (Å²) in [5.74, 6) is -2.46. The van der Waals surface area contributed by atoms with Gasteiger partial charge in [-0.15, -0.1) is 0 Å². The predicted molar refractivity (Wildman–Crippen MR) is 113 cm³/mol. The van der Waals surface area contributed by atoms with Crippen LogP contribution in [0.1, 0.15) is 55.2 Å². The van der Waals surface area contributed by atoms with Gasteiger partial charge in [0.2, 0.25) is 0 Å². The highest BCUT2D eigenvalue weighted by molar-refractivity contribution is 6.31. The van der Waals surface area contributed by atoms with Crippen molar-refractivity contribution >= 4 is 23.5 Å². The summed E-state index contributed by atoms with van der Waals surface area (Å²) < 4.78 is 31.7. The third kappa shape index (κ3) is 6.95. The molecule has 6 N–H and O–H groups in total. The number of piperidine rings is 1. The smallest absolute Gasteiger partial charge is 0.490 e. The standard InChI is InChI=1S/C19H27ClN2O4.C2HF3O2/c20-15-8-14(16(24)9-13(15)11-2-1-3-11)18(21)12-4-6-22(7-5-12)19(26)17(25)10-23;3-2(4,5)1(6)7/h8-9,11-12,17-18,23-25H,1-7,10,21H2;(H,6,7).